The highest BCUT2D eigenvalue weighted by Gasteiger charge is 2.19. The van der Waals surface area contributed by atoms with E-state index in [1.54, 1.807) is 0 Å². The summed E-state index contributed by atoms with van der Waals surface area (Å²) in [5.41, 5.74) is 0. The maximum atomic E-state index is 12.8. The van der Waals surface area contributed by atoms with Gasteiger partial charge in [0.1, 0.15) is 13.2 Å². The molecule has 0 fully saturated rings. The van der Waals surface area contributed by atoms with Crippen molar-refractivity contribution in [2.75, 3.05) is 13.2 Å². The lowest BCUT2D eigenvalue weighted by Gasteiger charge is -2.18. The molecular formula is C60H96O6. The molecule has 6 nitrogen and oxygen atoms in total. The number of esters is 3. The van der Waals surface area contributed by atoms with Gasteiger partial charge in [-0.3, -0.25) is 14.4 Å². The van der Waals surface area contributed by atoms with Crippen LogP contribution in [0.1, 0.15) is 220 Å². The summed E-state index contributed by atoms with van der Waals surface area (Å²) in [4.78, 5) is 38.0. The van der Waals surface area contributed by atoms with Crippen LogP contribution in [0.4, 0.5) is 0 Å². The van der Waals surface area contributed by atoms with Crippen molar-refractivity contribution in [2.24, 2.45) is 0 Å². The zero-order chi connectivity index (χ0) is 47.9. The maximum Gasteiger partial charge on any atom is 0.306 e. The molecule has 0 aliphatic carbocycles. The highest BCUT2D eigenvalue weighted by Crippen LogP contribution is 2.15. The second kappa shape index (κ2) is 53.4. The summed E-state index contributed by atoms with van der Waals surface area (Å²) in [6.07, 6.45) is 73.3. The molecule has 372 valence electrons. The Morgan fingerprint density at radius 1 is 0.318 bits per heavy atom. The molecule has 0 heterocycles. The quantitative estimate of drug-likeness (QED) is 0.0262. The Morgan fingerprint density at radius 2 is 0.591 bits per heavy atom. The predicted molar refractivity (Wildman–Crippen MR) is 283 cm³/mol. The van der Waals surface area contributed by atoms with Gasteiger partial charge in [-0.1, -0.05) is 264 Å². The van der Waals surface area contributed by atoms with E-state index in [-0.39, 0.29) is 37.5 Å². The molecule has 0 aliphatic rings. The molecule has 0 aromatic heterocycles. The van der Waals surface area contributed by atoms with Crippen LogP contribution in [0.2, 0.25) is 0 Å². The molecule has 0 saturated carbocycles. The van der Waals surface area contributed by atoms with E-state index in [0.717, 1.165) is 77.0 Å². The number of rotatable bonds is 46. The number of ether oxygens (including phenoxy) is 3. The van der Waals surface area contributed by atoms with Crippen molar-refractivity contribution in [2.45, 2.75) is 226 Å². The van der Waals surface area contributed by atoms with Crippen LogP contribution in [0, 0.1) is 0 Å². The lowest BCUT2D eigenvalue weighted by molar-refractivity contribution is -0.167. The molecule has 1 unspecified atom stereocenters. The van der Waals surface area contributed by atoms with Gasteiger partial charge in [0.15, 0.2) is 6.10 Å². The molecule has 0 radical (unpaired) electrons. The van der Waals surface area contributed by atoms with Crippen molar-refractivity contribution >= 4 is 17.9 Å². The van der Waals surface area contributed by atoms with Crippen LogP contribution < -0.4 is 0 Å². The summed E-state index contributed by atoms with van der Waals surface area (Å²) in [5, 5.41) is 0. The summed E-state index contributed by atoms with van der Waals surface area (Å²) in [6.45, 7) is 6.28. The first-order valence-corrected chi connectivity index (χ1v) is 26.7. The molecule has 0 bridgehead atoms. The van der Waals surface area contributed by atoms with Crippen molar-refractivity contribution in [1.29, 1.82) is 0 Å². The fraction of sp³-hybridized carbons (Fsp3) is 0.617. The molecule has 0 rings (SSSR count). The molecule has 0 amide bonds. The van der Waals surface area contributed by atoms with Gasteiger partial charge in [0.25, 0.3) is 0 Å². The lowest BCUT2D eigenvalue weighted by Crippen LogP contribution is -2.30. The first-order valence-electron chi connectivity index (χ1n) is 26.7. The normalized spacial score (nSPS) is 13.1. The predicted octanol–water partition coefficient (Wildman–Crippen LogP) is 17.7. The monoisotopic (exact) mass is 913 g/mol. The van der Waals surface area contributed by atoms with Crippen molar-refractivity contribution < 1.29 is 28.6 Å². The van der Waals surface area contributed by atoms with Gasteiger partial charge in [0.05, 0.1) is 0 Å². The smallest absolute Gasteiger partial charge is 0.306 e. The van der Waals surface area contributed by atoms with Crippen LogP contribution >= 0.6 is 0 Å². The van der Waals surface area contributed by atoms with Gasteiger partial charge in [-0.2, -0.15) is 0 Å². The fourth-order valence-electron chi connectivity index (χ4n) is 7.01. The molecule has 0 saturated heterocycles. The van der Waals surface area contributed by atoms with E-state index < -0.39 is 6.10 Å². The summed E-state index contributed by atoms with van der Waals surface area (Å²) in [5.74, 6) is -0.999. The lowest BCUT2D eigenvalue weighted by atomic mass is 10.0. The number of hydrogen-bond donors (Lipinski definition) is 0. The van der Waals surface area contributed by atoms with E-state index in [1.807, 2.05) is 97.2 Å². The fourth-order valence-corrected chi connectivity index (χ4v) is 7.01. The van der Waals surface area contributed by atoms with Gasteiger partial charge >= 0.3 is 17.9 Å². The number of allylic oxidation sites excluding steroid dienone is 20. The molecule has 0 N–H and O–H groups in total. The van der Waals surface area contributed by atoms with E-state index in [9.17, 15) is 14.4 Å². The average Bonchev–Trinajstić information content (AvgIpc) is 3.31. The second-order valence-electron chi connectivity index (χ2n) is 17.3. The van der Waals surface area contributed by atoms with Crippen LogP contribution in [-0.4, -0.2) is 37.2 Å². The minimum Gasteiger partial charge on any atom is -0.462 e. The van der Waals surface area contributed by atoms with Crippen LogP contribution in [0.3, 0.4) is 0 Å². The van der Waals surface area contributed by atoms with Gasteiger partial charge in [0, 0.05) is 19.3 Å². The molecule has 0 spiro atoms. The Kier molecular flexibility index (Phi) is 50.0. The highest BCUT2D eigenvalue weighted by atomic mass is 16.6. The van der Waals surface area contributed by atoms with Gasteiger partial charge in [0.2, 0.25) is 0 Å². The molecular weight excluding hydrogens is 817 g/mol. The standard InChI is InChI=1S/C60H96O6/c1-4-7-10-13-16-19-22-25-27-29-31-32-35-38-41-44-47-50-53-59(62)65-56-57(55-64-58(61)52-49-46-43-40-37-34-24-21-18-15-12-9-6-3)66-60(63)54-51-48-45-42-39-36-33-30-28-26-23-20-17-14-11-8-5-2/h8-9,11-12,14-15,17-18,20-21,23-24,26,28,30,33-34,36-37,39,57H,4-7,10,13,16,19,22,25,27,29,31-32,35,38,40-56H2,1-3H3/b11-8-,12-9-,17-14-,18-15-,23-20-,24-21-,28-26-,33-30+,37-34-,39-36-. The first kappa shape index (κ1) is 61.8. The van der Waals surface area contributed by atoms with Gasteiger partial charge in [-0.15, -0.1) is 0 Å². The Morgan fingerprint density at radius 3 is 0.924 bits per heavy atom. The summed E-state index contributed by atoms with van der Waals surface area (Å²) in [6, 6.07) is 0. The van der Waals surface area contributed by atoms with Gasteiger partial charge < -0.3 is 14.2 Å². The second-order valence-corrected chi connectivity index (χ2v) is 17.3. The van der Waals surface area contributed by atoms with Crippen LogP contribution in [0.15, 0.2) is 122 Å². The Hall–Kier alpha value is -4.19. The molecule has 1 atom stereocenters. The summed E-state index contributed by atoms with van der Waals surface area (Å²) >= 11 is 0. The SMILES string of the molecule is CC\C=C/C=C\C=C/C=C\C=C\C=C/CCCCCC(=O)OC(COC(=O)CCCCC\C=C/C=C\C=C/C=C\CC)COC(=O)CCCCCCCCCCCCCCCCCCCC. The van der Waals surface area contributed by atoms with Crippen LogP contribution in [-0.2, 0) is 28.6 Å². The van der Waals surface area contributed by atoms with E-state index in [4.69, 9.17) is 14.2 Å². The van der Waals surface area contributed by atoms with Crippen molar-refractivity contribution in [3.8, 4) is 0 Å². The maximum absolute atomic E-state index is 12.8. The van der Waals surface area contributed by atoms with E-state index in [2.05, 4.69) is 45.1 Å². The van der Waals surface area contributed by atoms with Gasteiger partial charge in [-0.05, 0) is 57.8 Å². The topological polar surface area (TPSA) is 78.9 Å². The van der Waals surface area contributed by atoms with E-state index >= 15 is 0 Å². The zero-order valence-electron chi connectivity index (χ0n) is 42.4. The number of unbranched alkanes of at least 4 members (excludes halogenated alkanes) is 23. The summed E-state index contributed by atoms with van der Waals surface area (Å²) < 4.78 is 16.7. The van der Waals surface area contributed by atoms with Crippen LogP contribution in [0.5, 0.6) is 0 Å². The average molecular weight is 913 g/mol. The Balaban J connectivity index is 4.51. The van der Waals surface area contributed by atoms with E-state index in [1.165, 1.54) is 96.3 Å². The third-order valence-electron chi connectivity index (χ3n) is 11.0. The Labute approximate surface area is 405 Å². The molecule has 6 heteroatoms. The number of carbonyl (C=O) groups excluding carboxylic acids is 3. The third kappa shape index (κ3) is 50.8. The Bertz CT molecular complexity index is 1420. The van der Waals surface area contributed by atoms with E-state index in [0.29, 0.717) is 19.3 Å². The molecule has 0 aromatic rings. The molecule has 0 aliphatic heterocycles. The third-order valence-corrected chi connectivity index (χ3v) is 11.0. The van der Waals surface area contributed by atoms with Crippen LogP contribution in [0.25, 0.3) is 0 Å². The van der Waals surface area contributed by atoms with Crippen molar-refractivity contribution in [1.82, 2.24) is 0 Å². The minimum absolute atomic E-state index is 0.111. The summed E-state index contributed by atoms with van der Waals surface area (Å²) in [7, 11) is 0. The van der Waals surface area contributed by atoms with Crippen molar-refractivity contribution in [3.05, 3.63) is 122 Å². The number of hydrogen-bond acceptors (Lipinski definition) is 6. The number of carbonyl (C=O) groups is 3. The largest absolute Gasteiger partial charge is 0.462 e. The highest BCUT2D eigenvalue weighted by molar-refractivity contribution is 5.71. The first-order chi connectivity index (χ1) is 32.5. The van der Waals surface area contributed by atoms with Crippen molar-refractivity contribution in [3.63, 3.8) is 0 Å². The molecule has 0 aromatic carbocycles. The van der Waals surface area contributed by atoms with Gasteiger partial charge in [-0.25, -0.2) is 0 Å². The minimum atomic E-state index is -0.819. The molecule has 66 heavy (non-hydrogen) atoms. The zero-order valence-corrected chi connectivity index (χ0v) is 42.4.